The third-order valence-corrected chi connectivity index (χ3v) is 4.73. The standard InChI is InChI=1S/C22H26N2O4/c1-27-19-8-10-20(11-9-19)28-15-12-23-21(25)17-6-5-7-18(16-17)22(26)24-13-3-2-4-14-24/h5-11,16H,2-4,12-15H2,1H3,(H,23,25). The number of likely N-dealkylation sites (tertiary alicyclic amines) is 1. The third-order valence-electron chi connectivity index (χ3n) is 4.73. The molecule has 0 saturated carbocycles. The average Bonchev–Trinajstić information content (AvgIpc) is 2.77. The van der Waals surface area contributed by atoms with Gasteiger partial charge in [0.2, 0.25) is 0 Å². The van der Waals surface area contributed by atoms with Gasteiger partial charge in [-0.15, -0.1) is 0 Å². The summed E-state index contributed by atoms with van der Waals surface area (Å²) in [6.07, 6.45) is 3.26. The molecule has 28 heavy (non-hydrogen) atoms. The Labute approximate surface area is 165 Å². The van der Waals surface area contributed by atoms with Crippen LogP contribution in [0, 0.1) is 0 Å². The lowest BCUT2D eigenvalue weighted by atomic mass is 10.1. The first-order valence-electron chi connectivity index (χ1n) is 9.62. The van der Waals surface area contributed by atoms with Crippen molar-refractivity contribution in [1.82, 2.24) is 10.2 Å². The number of nitrogens with zero attached hydrogens (tertiary/aromatic N) is 1. The van der Waals surface area contributed by atoms with E-state index in [1.165, 1.54) is 6.42 Å². The maximum Gasteiger partial charge on any atom is 0.253 e. The van der Waals surface area contributed by atoms with Crippen molar-refractivity contribution in [2.45, 2.75) is 19.3 Å². The minimum absolute atomic E-state index is 0.00260. The van der Waals surface area contributed by atoms with E-state index in [4.69, 9.17) is 9.47 Å². The molecule has 0 aliphatic carbocycles. The molecule has 0 atom stereocenters. The molecule has 0 bridgehead atoms. The topological polar surface area (TPSA) is 67.9 Å². The van der Waals surface area contributed by atoms with E-state index in [2.05, 4.69) is 5.32 Å². The molecule has 1 aliphatic rings. The number of hydrogen-bond donors (Lipinski definition) is 1. The van der Waals surface area contributed by atoms with Gasteiger partial charge in [0.05, 0.1) is 13.7 Å². The fourth-order valence-electron chi connectivity index (χ4n) is 3.18. The normalized spacial score (nSPS) is 13.7. The molecule has 3 rings (SSSR count). The number of carbonyl (C=O) groups is 2. The minimum Gasteiger partial charge on any atom is -0.497 e. The van der Waals surface area contributed by atoms with Crippen molar-refractivity contribution >= 4 is 11.8 Å². The highest BCUT2D eigenvalue weighted by Crippen LogP contribution is 2.17. The highest BCUT2D eigenvalue weighted by molar-refractivity contribution is 5.99. The Morgan fingerprint density at radius 3 is 2.36 bits per heavy atom. The summed E-state index contributed by atoms with van der Waals surface area (Å²) in [6.45, 7) is 2.30. The number of piperidine rings is 1. The molecule has 0 radical (unpaired) electrons. The zero-order valence-electron chi connectivity index (χ0n) is 16.1. The van der Waals surface area contributed by atoms with Crippen LogP contribution < -0.4 is 14.8 Å². The SMILES string of the molecule is COc1ccc(OCCNC(=O)c2cccc(C(=O)N3CCCCC3)c2)cc1. The van der Waals surface area contributed by atoms with Crippen LogP contribution in [0.15, 0.2) is 48.5 Å². The van der Waals surface area contributed by atoms with Crippen LogP contribution in [0.2, 0.25) is 0 Å². The van der Waals surface area contributed by atoms with Crippen LogP contribution in [0.1, 0.15) is 40.0 Å². The van der Waals surface area contributed by atoms with Crippen LogP contribution in [-0.2, 0) is 0 Å². The molecule has 1 aliphatic heterocycles. The molecule has 6 nitrogen and oxygen atoms in total. The van der Waals surface area contributed by atoms with Gasteiger partial charge < -0.3 is 19.7 Å². The predicted octanol–water partition coefficient (Wildman–Crippen LogP) is 3.13. The van der Waals surface area contributed by atoms with Crippen LogP contribution in [0.3, 0.4) is 0 Å². The van der Waals surface area contributed by atoms with Crippen molar-refractivity contribution < 1.29 is 19.1 Å². The molecule has 2 amide bonds. The zero-order chi connectivity index (χ0) is 19.8. The van der Waals surface area contributed by atoms with Gasteiger partial charge in [-0.2, -0.15) is 0 Å². The van der Waals surface area contributed by atoms with Crippen molar-refractivity contribution in [3.8, 4) is 11.5 Å². The van der Waals surface area contributed by atoms with E-state index in [9.17, 15) is 9.59 Å². The van der Waals surface area contributed by atoms with E-state index in [1.54, 1.807) is 31.4 Å². The molecule has 0 spiro atoms. The van der Waals surface area contributed by atoms with Crippen molar-refractivity contribution in [2.75, 3.05) is 33.4 Å². The Morgan fingerprint density at radius 2 is 1.64 bits per heavy atom. The molecule has 2 aromatic carbocycles. The number of benzene rings is 2. The van der Waals surface area contributed by atoms with Gasteiger partial charge in [0, 0.05) is 24.2 Å². The second-order valence-corrected chi connectivity index (χ2v) is 6.71. The van der Waals surface area contributed by atoms with Crippen molar-refractivity contribution in [1.29, 1.82) is 0 Å². The van der Waals surface area contributed by atoms with E-state index >= 15 is 0 Å². The summed E-state index contributed by atoms with van der Waals surface area (Å²) < 4.78 is 10.7. The highest BCUT2D eigenvalue weighted by atomic mass is 16.5. The Bertz CT molecular complexity index is 798. The molecular weight excluding hydrogens is 356 g/mol. The Morgan fingerprint density at radius 1 is 0.964 bits per heavy atom. The minimum atomic E-state index is -0.216. The van der Waals surface area contributed by atoms with Gasteiger partial charge in [0.15, 0.2) is 0 Å². The number of rotatable bonds is 7. The second-order valence-electron chi connectivity index (χ2n) is 6.71. The Hall–Kier alpha value is -3.02. The van der Waals surface area contributed by atoms with Crippen LogP contribution in [0.5, 0.6) is 11.5 Å². The average molecular weight is 382 g/mol. The number of ether oxygens (including phenoxy) is 2. The molecular formula is C22H26N2O4. The summed E-state index contributed by atoms with van der Waals surface area (Å²) in [5.41, 5.74) is 1.04. The summed E-state index contributed by atoms with van der Waals surface area (Å²) in [5, 5.41) is 2.82. The Balaban J connectivity index is 1.49. The van der Waals surface area contributed by atoms with Gasteiger partial charge in [0.25, 0.3) is 11.8 Å². The van der Waals surface area contributed by atoms with Gasteiger partial charge in [0.1, 0.15) is 18.1 Å². The zero-order valence-corrected chi connectivity index (χ0v) is 16.1. The molecule has 148 valence electrons. The van der Waals surface area contributed by atoms with E-state index in [0.717, 1.165) is 31.7 Å². The summed E-state index contributed by atoms with van der Waals surface area (Å²) in [6, 6.07) is 14.2. The van der Waals surface area contributed by atoms with E-state index in [0.29, 0.717) is 30.0 Å². The van der Waals surface area contributed by atoms with Gasteiger partial charge in [-0.25, -0.2) is 0 Å². The Kier molecular flexibility index (Phi) is 6.89. The van der Waals surface area contributed by atoms with Crippen molar-refractivity contribution in [2.24, 2.45) is 0 Å². The first-order valence-corrected chi connectivity index (χ1v) is 9.62. The maximum absolute atomic E-state index is 12.6. The molecule has 1 N–H and O–H groups in total. The third kappa shape index (κ3) is 5.25. The molecule has 0 unspecified atom stereocenters. The lowest BCUT2D eigenvalue weighted by Crippen LogP contribution is -2.35. The van der Waals surface area contributed by atoms with Gasteiger partial charge >= 0.3 is 0 Å². The summed E-state index contributed by atoms with van der Waals surface area (Å²) in [4.78, 5) is 26.8. The van der Waals surface area contributed by atoms with Crippen LogP contribution in [0.25, 0.3) is 0 Å². The number of methoxy groups -OCH3 is 1. The summed E-state index contributed by atoms with van der Waals surface area (Å²) in [7, 11) is 1.61. The monoisotopic (exact) mass is 382 g/mol. The summed E-state index contributed by atoms with van der Waals surface area (Å²) in [5.74, 6) is 1.26. The molecule has 6 heteroatoms. The molecule has 1 saturated heterocycles. The number of carbonyl (C=O) groups excluding carboxylic acids is 2. The van der Waals surface area contributed by atoms with Gasteiger partial charge in [-0.1, -0.05) is 6.07 Å². The van der Waals surface area contributed by atoms with Crippen LogP contribution >= 0.6 is 0 Å². The molecule has 0 aromatic heterocycles. The van der Waals surface area contributed by atoms with Crippen molar-refractivity contribution in [3.05, 3.63) is 59.7 Å². The fourth-order valence-corrected chi connectivity index (χ4v) is 3.18. The first kappa shape index (κ1) is 19.7. The fraction of sp³-hybridized carbons (Fsp3) is 0.364. The predicted molar refractivity (Wildman–Crippen MR) is 107 cm³/mol. The van der Waals surface area contributed by atoms with Crippen LogP contribution in [-0.4, -0.2) is 50.1 Å². The van der Waals surface area contributed by atoms with Gasteiger partial charge in [-0.3, -0.25) is 9.59 Å². The lowest BCUT2D eigenvalue weighted by Gasteiger charge is -2.26. The lowest BCUT2D eigenvalue weighted by molar-refractivity contribution is 0.0724. The largest absolute Gasteiger partial charge is 0.497 e. The number of hydrogen-bond acceptors (Lipinski definition) is 4. The van der Waals surface area contributed by atoms with Crippen LogP contribution in [0.4, 0.5) is 0 Å². The van der Waals surface area contributed by atoms with Crippen molar-refractivity contribution in [3.63, 3.8) is 0 Å². The smallest absolute Gasteiger partial charge is 0.253 e. The first-order chi connectivity index (χ1) is 13.7. The van der Waals surface area contributed by atoms with E-state index < -0.39 is 0 Å². The van der Waals surface area contributed by atoms with E-state index in [-0.39, 0.29) is 11.8 Å². The van der Waals surface area contributed by atoms with E-state index in [1.807, 2.05) is 29.2 Å². The highest BCUT2D eigenvalue weighted by Gasteiger charge is 2.19. The quantitative estimate of drug-likeness (QED) is 0.747. The second kappa shape index (κ2) is 9.78. The maximum atomic E-state index is 12.6. The number of nitrogens with one attached hydrogen (secondary N) is 1. The van der Waals surface area contributed by atoms with Gasteiger partial charge in [-0.05, 0) is 61.7 Å². The molecule has 1 heterocycles. The molecule has 1 fully saturated rings. The molecule has 2 aromatic rings. The summed E-state index contributed by atoms with van der Waals surface area (Å²) >= 11 is 0. The number of amides is 2.